The van der Waals surface area contributed by atoms with Crippen molar-refractivity contribution in [2.75, 3.05) is 38.0 Å². The van der Waals surface area contributed by atoms with E-state index >= 15 is 0 Å². The van der Waals surface area contributed by atoms with Crippen LogP contribution in [0.1, 0.15) is 36.2 Å². The zero-order valence-electron chi connectivity index (χ0n) is 12.4. The zero-order valence-corrected chi connectivity index (χ0v) is 12.4. The fraction of sp³-hybridized carbons (Fsp3) is 0.733. The first kappa shape index (κ1) is 13.1. The van der Waals surface area contributed by atoms with Gasteiger partial charge in [0.25, 0.3) is 5.91 Å². The summed E-state index contributed by atoms with van der Waals surface area (Å²) in [5, 5.41) is 3.25. The number of amides is 1. The fourth-order valence-corrected chi connectivity index (χ4v) is 3.77. The number of nitrogens with one attached hydrogen (secondary N) is 1. The Kier molecular flexibility index (Phi) is 3.33. The second-order valence-electron chi connectivity index (χ2n) is 6.36. The molecule has 2 fully saturated rings. The van der Waals surface area contributed by atoms with E-state index in [0.29, 0.717) is 11.7 Å². The van der Waals surface area contributed by atoms with Gasteiger partial charge in [0.2, 0.25) is 5.95 Å². The van der Waals surface area contributed by atoms with E-state index < -0.39 is 0 Å². The first-order valence-corrected chi connectivity index (χ1v) is 8.15. The van der Waals surface area contributed by atoms with Crippen molar-refractivity contribution in [1.29, 1.82) is 0 Å². The fourth-order valence-electron chi connectivity index (χ4n) is 3.77. The first-order valence-electron chi connectivity index (χ1n) is 8.15. The summed E-state index contributed by atoms with van der Waals surface area (Å²) in [5.41, 5.74) is 0.599. The van der Waals surface area contributed by atoms with Gasteiger partial charge in [-0.1, -0.05) is 0 Å². The van der Waals surface area contributed by atoms with Crippen LogP contribution in [-0.4, -0.2) is 64.0 Å². The average molecular weight is 289 g/mol. The molecule has 4 heterocycles. The molecule has 1 unspecified atom stereocenters. The van der Waals surface area contributed by atoms with Crippen molar-refractivity contribution in [2.24, 2.45) is 0 Å². The summed E-state index contributed by atoms with van der Waals surface area (Å²) in [6.07, 6.45) is 6.73. The van der Waals surface area contributed by atoms with Gasteiger partial charge in [-0.05, 0) is 38.8 Å². The normalized spacial score (nSPS) is 25.9. The molecule has 0 bridgehead atoms. The maximum Gasteiger partial charge on any atom is 0.274 e. The van der Waals surface area contributed by atoms with Gasteiger partial charge in [0.05, 0.1) is 0 Å². The lowest BCUT2D eigenvalue weighted by Crippen LogP contribution is -2.37. The van der Waals surface area contributed by atoms with Crippen LogP contribution >= 0.6 is 0 Å². The molecule has 0 spiro atoms. The highest BCUT2D eigenvalue weighted by molar-refractivity contribution is 5.92. The molecule has 3 aliphatic heterocycles. The highest BCUT2D eigenvalue weighted by atomic mass is 16.2. The number of nitrogens with zero attached hydrogens (tertiary/aromatic N) is 4. The Hall–Kier alpha value is -1.56. The van der Waals surface area contributed by atoms with Crippen LogP contribution in [0, 0.1) is 0 Å². The third-order valence-corrected chi connectivity index (χ3v) is 4.96. The number of hydrogen-bond donors (Lipinski definition) is 1. The number of hydrogen-bond acceptors (Lipinski definition) is 4. The van der Waals surface area contributed by atoms with Crippen LogP contribution in [0.2, 0.25) is 0 Å². The lowest BCUT2D eigenvalue weighted by molar-refractivity contribution is 0.0775. The number of fused-ring (bicyclic) bond motifs is 1. The molecule has 1 N–H and O–H groups in total. The molecular formula is C15H23N5O. The molecule has 1 aromatic rings. The van der Waals surface area contributed by atoms with E-state index in [9.17, 15) is 4.79 Å². The van der Waals surface area contributed by atoms with E-state index in [-0.39, 0.29) is 5.91 Å². The highest BCUT2D eigenvalue weighted by Crippen LogP contribution is 2.22. The third-order valence-electron chi connectivity index (χ3n) is 4.96. The predicted octanol–water partition coefficient (Wildman–Crippen LogP) is 1.01. The van der Waals surface area contributed by atoms with E-state index in [4.69, 9.17) is 0 Å². The van der Waals surface area contributed by atoms with Crippen LogP contribution in [0.25, 0.3) is 0 Å². The quantitative estimate of drug-likeness (QED) is 0.883. The number of aromatic nitrogens is 2. The molecule has 114 valence electrons. The van der Waals surface area contributed by atoms with Crippen molar-refractivity contribution in [3.05, 3.63) is 11.9 Å². The summed E-state index contributed by atoms with van der Waals surface area (Å²) in [6, 6.07) is 0.562. The number of imidazole rings is 1. The number of rotatable bonds is 2. The van der Waals surface area contributed by atoms with Gasteiger partial charge in [0.15, 0.2) is 0 Å². The van der Waals surface area contributed by atoms with Crippen molar-refractivity contribution in [1.82, 2.24) is 19.4 Å². The van der Waals surface area contributed by atoms with Crippen molar-refractivity contribution < 1.29 is 4.79 Å². The molecule has 0 aromatic carbocycles. The smallest absolute Gasteiger partial charge is 0.274 e. The average Bonchev–Trinajstić information content (AvgIpc) is 3.24. The predicted molar refractivity (Wildman–Crippen MR) is 80.4 cm³/mol. The molecule has 2 saturated heterocycles. The topological polar surface area (TPSA) is 53.4 Å². The number of likely N-dealkylation sites (tertiary alicyclic amines) is 2. The molecule has 1 aromatic heterocycles. The first-order chi connectivity index (χ1) is 10.3. The molecule has 0 aliphatic carbocycles. The van der Waals surface area contributed by atoms with Crippen molar-refractivity contribution in [3.63, 3.8) is 0 Å². The molecule has 3 aliphatic rings. The Morgan fingerprint density at radius 1 is 1.19 bits per heavy atom. The lowest BCUT2D eigenvalue weighted by atomic mass is 10.2. The summed E-state index contributed by atoms with van der Waals surface area (Å²) in [4.78, 5) is 21.6. The Morgan fingerprint density at radius 2 is 2.05 bits per heavy atom. The molecule has 0 saturated carbocycles. The Morgan fingerprint density at radius 3 is 2.86 bits per heavy atom. The third kappa shape index (κ3) is 2.41. The second kappa shape index (κ2) is 5.33. The van der Waals surface area contributed by atoms with Gasteiger partial charge in [-0.3, -0.25) is 9.69 Å². The number of anilines is 1. The summed E-state index contributed by atoms with van der Waals surface area (Å²) >= 11 is 0. The molecule has 0 radical (unpaired) electrons. The summed E-state index contributed by atoms with van der Waals surface area (Å²) < 4.78 is 2.06. The van der Waals surface area contributed by atoms with Crippen LogP contribution in [0.4, 0.5) is 5.95 Å². The van der Waals surface area contributed by atoms with Crippen LogP contribution in [0.5, 0.6) is 0 Å². The van der Waals surface area contributed by atoms with Gasteiger partial charge in [0, 0.05) is 38.4 Å². The molecular weight excluding hydrogens is 266 g/mol. The standard InChI is InChI=1S/C15H23N5O/c21-14(13-11-20-8-3-5-16-15(20)17-13)19-9-4-12(10-19)18-6-1-2-7-18/h11-12H,1-10H2,(H,16,17). The van der Waals surface area contributed by atoms with Crippen LogP contribution in [0.3, 0.4) is 0 Å². The van der Waals surface area contributed by atoms with Crippen LogP contribution in [-0.2, 0) is 6.54 Å². The molecule has 6 nitrogen and oxygen atoms in total. The van der Waals surface area contributed by atoms with Gasteiger partial charge in [-0.2, -0.15) is 0 Å². The van der Waals surface area contributed by atoms with Gasteiger partial charge >= 0.3 is 0 Å². The van der Waals surface area contributed by atoms with E-state index in [1.165, 1.54) is 25.9 Å². The van der Waals surface area contributed by atoms with Crippen molar-refractivity contribution >= 4 is 11.9 Å². The molecule has 6 heteroatoms. The van der Waals surface area contributed by atoms with Gasteiger partial charge in [-0.25, -0.2) is 4.98 Å². The molecule has 1 atom stereocenters. The van der Waals surface area contributed by atoms with E-state index in [1.54, 1.807) is 0 Å². The van der Waals surface area contributed by atoms with E-state index in [1.807, 2.05) is 11.1 Å². The highest BCUT2D eigenvalue weighted by Gasteiger charge is 2.33. The van der Waals surface area contributed by atoms with Crippen LogP contribution < -0.4 is 5.32 Å². The summed E-state index contributed by atoms with van der Waals surface area (Å²) in [5.74, 6) is 0.945. The SMILES string of the molecule is O=C(c1cn2c(n1)NCCC2)N1CCC(N2CCCC2)C1. The monoisotopic (exact) mass is 289 g/mol. The van der Waals surface area contributed by atoms with E-state index in [0.717, 1.165) is 45.0 Å². The maximum atomic E-state index is 12.6. The summed E-state index contributed by atoms with van der Waals surface area (Å²) in [6.45, 7) is 6.05. The number of carbonyl (C=O) groups excluding carboxylic acids is 1. The molecule has 21 heavy (non-hydrogen) atoms. The van der Waals surface area contributed by atoms with E-state index in [2.05, 4.69) is 19.8 Å². The largest absolute Gasteiger partial charge is 0.356 e. The summed E-state index contributed by atoms with van der Waals surface area (Å²) in [7, 11) is 0. The Balaban J connectivity index is 1.44. The minimum Gasteiger partial charge on any atom is -0.356 e. The van der Waals surface area contributed by atoms with Crippen molar-refractivity contribution in [3.8, 4) is 0 Å². The Bertz CT molecular complexity index is 511. The van der Waals surface area contributed by atoms with Crippen molar-refractivity contribution in [2.45, 2.75) is 38.3 Å². The minimum absolute atomic E-state index is 0.0976. The van der Waals surface area contributed by atoms with Gasteiger partial charge in [0.1, 0.15) is 5.69 Å². The maximum absolute atomic E-state index is 12.6. The molecule has 4 rings (SSSR count). The number of carbonyl (C=O) groups is 1. The lowest BCUT2D eigenvalue weighted by Gasteiger charge is -2.23. The second-order valence-corrected chi connectivity index (χ2v) is 6.36. The van der Waals surface area contributed by atoms with Crippen LogP contribution in [0.15, 0.2) is 6.20 Å². The zero-order chi connectivity index (χ0) is 14.2. The molecule has 1 amide bonds. The number of aryl methyl sites for hydroxylation is 1. The minimum atomic E-state index is 0.0976. The van der Waals surface area contributed by atoms with Gasteiger partial charge < -0.3 is 14.8 Å². The van der Waals surface area contributed by atoms with Gasteiger partial charge in [-0.15, -0.1) is 0 Å². The Labute approximate surface area is 125 Å².